The molecule has 2 heteroatoms. The summed E-state index contributed by atoms with van der Waals surface area (Å²) < 4.78 is 0. The van der Waals surface area contributed by atoms with Crippen LogP contribution in [0.1, 0.15) is 13.8 Å². The molecule has 1 aromatic carbocycles. The first-order valence-electron chi connectivity index (χ1n) is 4.17. The molecule has 1 nitrogen and oxygen atoms in total. The van der Waals surface area contributed by atoms with Gasteiger partial charge in [-0.2, -0.15) is 0 Å². The van der Waals surface area contributed by atoms with Crippen LogP contribution in [0.5, 0.6) is 0 Å². The average molecular weight is 181 g/mol. The Morgan fingerprint density at radius 1 is 1.17 bits per heavy atom. The SMILES string of the molecule is CNc1ccc(SC(C)C)cc1. The van der Waals surface area contributed by atoms with Crippen molar-refractivity contribution >= 4 is 17.4 Å². The second-order valence-corrected chi connectivity index (χ2v) is 4.59. The Bertz CT molecular complexity index is 228. The number of anilines is 1. The molecule has 0 atom stereocenters. The van der Waals surface area contributed by atoms with Crippen molar-refractivity contribution < 1.29 is 0 Å². The van der Waals surface area contributed by atoms with Crippen LogP contribution in [0.25, 0.3) is 0 Å². The monoisotopic (exact) mass is 181 g/mol. The highest BCUT2D eigenvalue weighted by Crippen LogP contribution is 2.23. The molecule has 1 aromatic rings. The lowest BCUT2D eigenvalue weighted by atomic mass is 10.3. The third-order valence-corrected chi connectivity index (χ3v) is 2.53. The van der Waals surface area contributed by atoms with Crippen LogP contribution >= 0.6 is 11.8 Å². The molecule has 0 heterocycles. The van der Waals surface area contributed by atoms with Gasteiger partial charge in [0.05, 0.1) is 0 Å². The van der Waals surface area contributed by atoms with Crippen LogP contribution in [0.15, 0.2) is 29.2 Å². The summed E-state index contributed by atoms with van der Waals surface area (Å²) in [5.74, 6) is 0. The van der Waals surface area contributed by atoms with E-state index in [1.165, 1.54) is 10.6 Å². The molecule has 0 aromatic heterocycles. The van der Waals surface area contributed by atoms with Crippen LogP contribution in [0.3, 0.4) is 0 Å². The fraction of sp³-hybridized carbons (Fsp3) is 0.400. The summed E-state index contributed by atoms with van der Waals surface area (Å²) in [4.78, 5) is 1.34. The number of nitrogens with one attached hydrogen (secondary N) is 1. The van der Waals surface area contributed by atoms with Crippen LogP contribution in [-0.2, 0) is 0 Å². The Hall–Kier alpha value is -0.630. The van der Waals surface area contributed by atoms with Crippen LogP contribution in [0.2, 0.25) is 0 Å². The lowest BCUT2D eigenvalue weighted by Crippen LogP contribution is -1.88. The number of rotatable bonds is 3. The standard InChI is InChI=1S/C10H15NS/c1-8(2)12-10-6-4-9(11-3)5-7-10/h4-8,11H,1-3H3. The molecule has 1 N–H and O–H groups in total. The van der Waals surface area contributed by atoms with E-state index in [4.69, 9.17) is 0 Å². The summed E-state index contributed by atoms with van der Waals surface area (Å²) in [6, 6.07) is 8.50. The van der Waals surface area contributed by atoms with Gasteiger partial charge in [-0.25, -0.2) is 0 Å². The maximum absolute atomic E-state index is 3.10. The second-order valence-electron chi connectivity index (χ2n) is 2.94. The van der Waals surface area contributed by atoms with Crippen LogP contribution < -0.4 is 5.32 Å². The van der Waals surface area contributed by atoms with Gasteiger partial charge in [-0.15, -0.1) is 11.8 Å². The van der Waals surface area contributed by atoms with Crippen molar-refractivity contribution in [3.63, 3.8) is 0 Å². The first-order valence-corrected chi connectivity index (χ1v) is 5.05. The molecular formula is C10H15NS. The summed E-state index contributed by atoms with van der Waals surface area (Å²) in [6.07, 6.45) is 0. The van der Waals surface area contributed by atoms with Gasteiger partial charge in [0.25, 0.3) is 0 Å². The summed E-state index contributed by atoms with van der Waals surface area (Å²) >= 11 is 1.89. The maximum atomic E-state index is 3.10. The molecule has 0 spiro atoms. The van der Waals surface area contributed by atoms with E-state index in [-0.39, 0.29) is 0 Å². The number of hydrogen-bond donors (Lipinski definition) is 1. The number of thioether (sulfide) groups is 1. The average Bonchev–Trinajstić information content (AvgIpc) is 2.05. The Labute approximate surface area is 78.6 Å². The van der Waals surface area contributed by atoms with Gasteiger partial charge >= 0.3 is 0 Å². The molecular weight excluding hydrogens is 166 g/mol. The molecule has 0 aliphatic heterocycles. The first kappa shape index (κ1) is 9.46. The Morgan fingerprint density at radius 2 is 1.75 bits per heavy atom. The van der Waals surface area contributed by atoms with Gasteiger partial charge in [0.1, 0.15) is 0 Å². The summed E-state index contributed by atoms with van der Waals surface area (Å²) in [5.41, 5.74) is 1.17. The predicted molar refractivity (Wildman–Crippen MR) is 57.0 cm³/mol. The fourth-order valence-electron chi connectivity index (χ4n) is 0.972. The third kappa shape index (κ3) is 2.78. The van der Waals surface area contributed by atoms with Crippen molar-refractivity contribution in [3.8, 4) is 0 Å². The Kier molecular flexibility index (Phi) is 3.48. The van der Waals surface area contributed by atoms with E-state index in [0.717, 1.165) is 0 Å². The van der Waals surface area contributed by atoms with Gasteiger partial charge in [-0.3, -0.25) is 0 Å². The molecule has 0 fully saturated rings. The molecule has 0 saturated heterocycles. The summed E-state index contributed by atoms with van der Waals surface area (Å²) in [7, 11) is 1.94. The summed E-state index contributed by atoms with van der Waals surface area (Å²) in [6.45, 7) is 4.41. The molecule has 0 amide bonds. The topological polar surface area (TPSA) is 12.0 Å². The summed E-state index contributed by atoms with van der Waals surface area (Å²) in [5, 5.41) is 3.76. The molecule has 0 saturated carbocycles. The number of hydrogen-bond acceptors (Lipinski definition) is 2. The molecule has 66 valence electrons. The Balaban J connectivity index is 2.65. The Morgan fingerprint density at radius 3 is 2.17 bits per heavy atom. The van der Waals surface area contributed by atoms with Gasteiger partial charge in [0.15, 0.2) is 0 Å². The van der Waals surface area contributed by atoms with Crippen molar-refractivity contribution in [2.75, 3.05) is 12.4 Å². The minimum Gasteiger partial charge on any atom is -0.388 e. The highest BCUT2D eigenvalue weighted by molar-refractivity contribution is 7.99. The minimum absolute atomic E-state index is 0.658. The molecule has 1 rings (SSSR count). The van der Waals surface area contributed by atoms with E-state index >= 15 is 0 Å². The molecule has 0 aliphatic carbocycles. The zero-order valence-electron chi connectivity index (χ0n) is 7.79. The molecule has 0 radical (unpaired) electrons. The highest BCUT2D eigenvalue weighted by atomic mass is 32.2. The molecule has 12 heavy (non-hydrogen) atoms. The zero-order chi connectivity index (χ0) is 8.97. The third-order valence-electron chi connectivity index (χ3n) is 1.51. The molecule has 0 aliphatic rings. The van der Waals surface area contributed by atoms with Crippen molar-refractivity contribution in [1.82, 2.24) is 0 Å². The lowest BCUT2D eigenvalue weighted by molar-refractivity contribution is 1.11. The van der Waals surface area contributed by atoms with E-state index in [0.29, 0.717) is 5.25 Å². The van der Waals surface area contributed by atoms with Gasteiger partial charge in [0.2, 0.25) is 0 Å². The maximum Gasteiger partial charge on any atom is 0.0338 e. The zero-order valence-corrected chi connectivity index (χ0v) is 8.61. The highest BCUT2D eigenvalue weighted by Gasteiger charge is 1.96. The van der Waals surface area contributed by atoms with Gasteiger partial charge in [-0.1, -0.05) is 13.8 Å². The smallest absolute Gasteiger partial charge is 0.0338 e. The van der Waals surface area contributed by atoms with E-state index < -0.39 is 0 Å². The molecule has 0 unspecified atom stereocenters. The van der Waals surface area contributed by atoms with E-state index in [1.54, 1.807) is 0 Å². The van der Waals surface area contributed by atoms with E-state index in [2.05, 4.69) is 43.4 Å². The van der Waals surface area contributed by atoms with Crippen molar-refractivity contribution in [1.29, 1.82) is 0 Å². The first-order chi connectivity index (χ1) is 5.72. The van der Waals surface area contributed by atoms with Gasteiger partial charge in [0, 0.05) is 22.9 Å². The number of benzene rings is 1. The normalized spacial score (nSPS) is 10.3. The molecule has 0 bridgehead atoms. The van der Waals surface area contributed by atoms with E-state index in [9.17, 15) is 0 Å². The predicted octanol–water partition coefficient (Wildman–Crippen LogP) is 3.23. The van der Waals surface area contributed by atoms with Crippen molar-refractivity contribution in [3.05, 3.63) is 24.3 Å². The second kappa shape index (κ2) is 4.41. The van der Waals surface area contributed by atoms with Gasteiger partial charge in [-0.05, 0) is 24.3 Å². The van der Waals surface area contributed by atoms with Gasteiger partial charge < -0.3 is 5.32 Å². The van der Waals surface area contributed by atoms with Crippen LogP contribution in [0, 0.1) is 0 Å². The van der Waals surface area contributed by atoms with Crippen LogP contribution in [-0.4, -0.2) is 12.3 Å². The minimum atomic E-state index is 0.658. The quantitative estimate of drug-likeness (QED) is 0.718. The van der Waals surface area contributed by atoms with Crippen molar-refractivity contribution in [2.24, 2.45) is 0 Å². The lowest BCUT2D eigenvalue weighted by Gasteiger charge is -2.05. The van der Waals surface area contributed by atoms with Crippen LogP contribution in [0.4, 0.5) is 5.69 Å². The van der Waals surface area contributed by atoms with Crippen molar-refractivity contribution in [2.45, 2.75) is 24.0 Å². The fourth-order valence-corrected chi connectivity index (χ4v) is 1.81. The largest absolute Gasteiger partial charge is 0.388 e. The van der Waals surface area contributed by atoms with E-state index in [1.807, 2.05) is 18.8 Å².